The second-order valence-corrected chi connectivity index (χ2v) is 4.33. The first-order chi connectivity index (χ1) is 8.43. The van der Waals surface area contributed by atoms with Crippen LogP contribution in [0.5, 0.6) is 0 Å². The van der Waals surface area contributed by atoms with Crippen LogP contribution in [0.2, 0.25) is 0 Å². The lowest BCUT2D eigenvalue weighted by atomic mass is 10.0. The van der Waals surface area contributed by atoms with Crippen LogP contribution in [0.25, 0.3) is 5.57 Å². The van der Waals surface area contributed by atoms with Gasteiger partial charge in [-0.15, -0.1) is 0 Å². The van der Waals surface area contributed by atoms with Crippen LogP contribution in [0.4, 0.5) is 0 Å². The van der Waals surface area contributed by atoms with Crippen molar-refractivity contribution >= 4 is 11.5 Å². The molecule has 0 aromatic carbocycles. The molecule has 0 saturated carbocycles. The molecular weight excluding hydrogens is 228 g/mol. The number of rotatable bonds is 4. The van der Waals surface area contributed by atoms with Crippen molar-refractivity contribution in [1.29, 1.82) is 0 Å². The maximum atomic E-state index is 11.7. The summed E-state index contributed by atoms with van der Waals surface area (Å²) < 4.78 is 6.99. The van der Waals surface area contributed by atoms with Crippen molar-refractivity contribution in [3.63, 3.8) is 0 Å². The Kier molecular flexibility index (Phi) is 4.70. The Morgan fingerprint density at radius 1 is 1.28 bits per heavy atom. The van der Waals surface area contributed by atoms with E-state index in [2.05, 4.69) is 12.0 Å². The standard InChI is InChI=1S/C14H22N2O2/c1-7-16-12(6)13(11(5)15-16)9(3)10(4)14(17)18-8-2/h7-8H2,1-6H3. The second kappa shape index (κ2) is 5.85. The van der Waals surface area contributed by atoms with Gasteiger partial charge in [0.2, 0.25) is 0 Å². The van der Waals surface area contributed by atoms with Crippen LogP contribution >= 0.6 is 0 Å². The third-order valence-corrected chi connectivity index (χ3v) is 3.20. The summed E-state index contributed by atoms with van der Waals surface area (Å²) in [6, 6.07) is 0. The number of nitrogens with zero attached hydrogens (tertiary/aromatic N) is 2. The summed E-state index contributed by atoms with van der Waals surface area (Å²) in [7, 11) is 0. The van der Waals surface area contributed by atoms with Crippen LogP contribution in [0, 0.1) is 13.8 Å². The largest absolute Gasteiger partial charge is 0.463 e. The summed E-state index contributed by atoms with van der Waals surface area (Å²) in [4.78, 5) is 11.7. The summed E-state index contributed by atoms with van der Waals surface area (Å²) in [5.41, 5.74) is 4.70. The molecule has 0 radical (unpaired) electrons. The number of aryl methyl sites for hydroxylation is 2. The van der Waals surface area contributed by atoms with Gasteiger partial charge >= 0.3 is 5.97 Å². The zero-order chi connectivity index (χ0) is 13.9. The Labute approximate surface area is 109 Å². The lowest BCUT2D eigenvalue weighted by Gasteiger charge is -2.08. The average molecular weight is 250 g/mol. The fourth-order valence-corrected chi connectivity index (χ4v) is 2.13. The SMILES string of the molecule is CCOC(=O)C(C)=C(C)c1c(C)nn(CC)c1C. The molecule has 4 heteroatoms. The van der Waals surface area contributed by atoms with E-state index in [0.29, 0.717) is 12.2 Å². The first-order valence-electron chi connectivity index (χ1n) is 6.32. The van der Waals surface area contributed by atoms with Crippen LogP contribution in [0.1, 0.15) is 44.6 Å². The normalized spacial score (nSPS) is 12.3. The second-order valence-electron chi connectivity index (χ2n) is 4.33. The van der Waals surface area contributed by atoms with Crippen molar-refractivity contribution in [1.82, 2.24) is 9.78 Å². The van der Waals surface area contributed by atoms with Gasteiger partial charge in [0.25, 0.3) is 0 Å². The van der Waals surface area contributed by atoms with Gasteiger partial charge in [0.1, 0.15) is 0 Å². The molecule has 0 unspecified atom stereocenters. The topological polar surface area (TPSA) is 44.1 Å². The molecule has 0 aliphatic carbocycles. The Bertz CT molecular complexity index is 484. The van der Waals surface area contributed by atoms with E-state index in [-0.39, 0.29) is 5.97 Å². The summed E-state index contributed by atoms with van der Waals surface area (Å²) in [5.74, 6) is -0.252. The van der Waals surface area contributed by atoms with Crippen LogP contribution in [-0.4, -0.2) is 22.4 Å². The summed E-state index contributed by atoms with van der Waals surface area (Å²) in [6.45, 7) is 12.8. The van der Waals surface area contributed by atoms with Crippen molar-refractivity contribution in [3.05, 3.63) is 22.5 Å². The van der Waals surface area contributed by atoms with Crippen LogP contribution < -0.4 is 0 Å². The number of allylic oxidation sites excluding steroid dienone is 1. The molecule has 1 heterocycles. The van der Waals surface area contributed by atoms with Gasteiger partial charge in [-0.3, -0.25) is 4.68 Å². The van der Waals surface area contributed by atoms with Gasteiger partial charge in [-0.25, -0.2) is 4.79 Å². The van der Waals surface area contributed by atoms with E-state index in [1.807, 2.05) is 32.4 Å². The molecule has 0 atom stereocenters. The molecule has 0 aliphatic rings. The number of esters is 1. The highest BCUT2D eigenvalue weighted by Gasteiger charge is 2.17. The Morgan fingerprint density at radius 3 is 2.33 bits per heavy atom. The maximum absolute atomic E-state index is 11.7. The summed E-state index contributed by atoms with van der Waals surface area (Å²) in [5, 5.41) is 4.47. The maximum Gasteiger partial charge on any atom is 0.333 e. The molecule has 0 spiro atoms. The van der Waals surface area contributed by atoms with E-state index < -0.39 is 0 Å². The minimum atomic E-state index is -0.252. The lowest BCUT2D eigenvalue weighted by Crippen LogP contribution is -2.07. The fraction of sp³-hybridized carbons (Fsp3) is 0.571. The van der Waals surface area contributed by atoms with Gasteiger partial charge in [0.05, 0.1) is 12.3 Å². The first kappa shape index (κ1) is 14.5. The monoisotopic (exact) mass is 250 g/mol. The predicted octanol–water partition coefficient (Wildman–Crippen LogP) is 2.88. The van der Waals surface area contributed by atoms with Crippen LogP contribution in [-0.2, 0) is 16.1 Å². The molecule has 18 heavy (non-hydrogen) atoms. The van der Waals surface area contributed by atoms with E-state index in [1.165, 1.54) is 0 Å². The third-order valence-electron chi connectivity index (χ3n) is 3.20. The van der Waals surface area contributed by atoms with Crippen molar-refractivity contribution in [2.75, 3.05) is 6.61 Å². The predicted molar refractivity (Wildman–Crippen MR) is 72.3 cm³/mol. The molecule has 1 aromatic heterocycles. The van der Waals surface area contributed by atoms with Crippen LogP contribution in [0.15, 0.2) is 5.57 Å². The molecule has 0 N–H and O–H groups in total. The lowest BCUT2D eigenvalue weighted by molar-refractivity contribution is -0.138. The zero-order valence-corrected chi connectivity index (χ0v) is 12.1. The van der Waals surface area contributed by atoms with Crippen molar-refractivity contribution in [2.45, 2.75) is 48.1 Å². The molecule has 0 fully saturated rings. The van der Waals surface area contributed by atoms with E-state index in [9.17, 15) is 4.79 Å². The Hall–Kier alpha value is -1.58. The summed E-state index contributed by atoms with van der Waals surface area (Å²) >= 11 is 0. The van der Waals surface area contributed by atoms with Gasteiger partial charge in [-0.1, -0.05) is 0 Å². The number of ether oxygens (including phenoxy) is 1. The Morgan fingerprint density at radius 2 is 1.89 bits per heavy atom. The van der Waals surface area contributed by atoms with Crippen molar-refractivity contribution in [2.24, 2.45) is 0 Å². The number of carbonyl (C=O) groups is 1. The highest BCUT2D eigenvalue weighted by atomic mass is 16.5. The van der Waals surface area contributed by atoms with E-state index in [4.69, 9.17) is 4.74 Å². The van der Waals surface area contributed by atoms with E-state index >= 15 is 0 Å². The van der Waals surface area contributed by atoms with Crippen molar-refractivity contribution in [3.8, 4) is 0 Å². The molecule has 0 saturated heterocycles. The zero-order valence-electron chi connectivity index (χ0n) is 12.1. The average Bonchev–Trinajstić information content (AvgIpc) is 2.62. The van der Waals surface area contributed by atoms with E-state index in [1.54, 1.807) is 6.92 Å². The van der Waals surface area contributed by atoms with Gasteiger partial charge < -0.3 is 4.74 Å². The minimum absolute atomic E-state index is 0.252. The number of aromatic nitrogens is 2. The molecule has 0 bridgehead atoms. The molecule has 1 rings (SSSR count). The number of carbonyl (C=O) groups excluding carboxylic acids is 1. The quantitative estimate of drug-likeness (QED) is 0.609. The van der Waals surface area contributed by atoms with Crippen LogP contribution in [0.3, 0.4) is 0 Å². The molecule has 1 aromatic rings. The highest BCUT2D eigenvalue weighted by molar-refractivity contribution is 5.97. The minimum Gasteiger partial charge on any atom is -0.463 e. The molecule has 0 aliphatic heterocycles. The molecular formula is C14H22N2O2. The number of hydrogen-bond donors (Lipinski definition) is 0. The molecule has 100 valence electrons. The Balaban J connectivity index is 3.25. The van der Waals surface area contributed by atoms with Gasteiger partial charge in [-0.05, 0) is 47.1 Å². The smallest absolute Gasteiger partial charge is 0.333 e. The third kappa shape index (κ3) is 2.63. The van der Waals surface area contributed by atoms with Crippen molar-refractivity contribution < 1.29 is 9.53 Å². The van der Waals surface area contributed by atoms with Gasteiger partial charge in [0, 0.05) is 23.4 Å². The summed E-state index contributed by atoms with van der Waals surface area (Å²) in [6.07, 6.45) is 0. The van der Waals surface area contributed by atoms with E-state index in [0.717, 1.165) is 29.1 Å². The van der Waals surface area contributed by atoms with Gasteiger partial charge in [0.15, 0.2) is 0 Å². The highest BCUT2D eigenvalue weighted by Crippen LogP contribution is 2.25. The molecule has 4 nitrogen and oxygen atoms in total. The van der Waals surface area contributed by atoms with Gasteiger partial charge in [-0.2, -0.15) is 5.10 Å². The number of hydrogen-bond acceptors (Lipinski definition) is 3. The molecule has 0 amide bonds. The first-order valence-corrected chi connectivity index (χ1v) is 6.32. The fourth-order valence-electron chi connectivity index (χ4n) is 2.13.